The minimum atomic E-state index is 0. The highest BCUT2D eigenvalue weighted by Gasteiger charge is 1.94. The maximum Gasteiger partial charge on any atom is 0.188 e. The van der Waals surface area contributed by atoms with Gasteiger partial charge < -0.3 is 15.8 Å². The molecule has 0 aromatic heterocycles. The van der Waals surface area contributed by atoms with Gasteiger partial charge in [-0.05, 0) is 24.8 Å². The number of ether oxygens (including phenoxy) is 1. The van der Waals surface area contributed by atoms with Gasteiger partial charge in [0.15, 0.2) is 5.96 Å². The predicted molar refractivity (Wildman–Crippen MR) is 110 cm³/mol. The fourth-order valence-electron chi connectivity index (χ4n) is 2.13. The highest BCUT2D eigenvalue weighted by Crippen LogP contribution is 2.00. The van der Waals surface area contributed by atoms with Gasteiger partial charge in [-0.2, -0.15) is 0 Å². The first-order chi connectivity index (χ1) is 10.8. The van der Waals surface area contributed by atoms with E-state index in [9.17, 15) is 0 Å². The molecule has 1 aromatic rings. The molecule has 0 aliphatic heterocycles. The molecular weight excluding hydrogens is 401 g/mol. The van der Waals surface area contributed by atoms with E-state index < -0.39 is 0 Å². The Morgan fingerprint density at radius 1 is 1.09 bits per heavy atom. The zero-order chi connectivity index (χ0) is 15.9. The smallest absolute Gasteiger partial charge is 0.188 e. The van der Waals surface area contributed by atoms with E-state index in [1.165, 1.54) is 24.8 Å². The molecule has 0 amide bonds. The summed E-state index contributed by atoms with van der Waals surface area (Å²) in [7, 11) is 0. The quantitative estimate of drug-likeness (QED) is 0.229. The monoisotopic (exact) mass is 433 g/mol. The van der Waals surface area contributed by atoms with Crippen molar-refractivity contribution >= 4 is 29.9 Å². The number of nitrogens with one attached hydrogen (secondary N) is 1. The third kappa shape index (κ3) is 13.3. The molecule has 0 aliphatic carbocycles. The number of benzene rings is 1. The van der Waals surface area contributed by atoms with Crippen molar-refractivity contribution in [2.24, 2.45) is 10.7 Å². The SMILES string of the molecule is CCCCCCNC(N)=NCCCOCCc1ccccc1.I. The van der Waals surface area contributed by atoms with Crippen molar-refractivity contribution in [1.82, 2.24) is 5.32 Å². The summed E-state index contributed by atoms with van der Waals surface area (Å²) in [6.07, 6.45) is 6.84. The molecule has 132 valence electrons. The van der Waals surface area contributed by atoms with E-state index in [2.05, 4.69) is 41.5 Å². The second kappa shape index (κ2) is 16.1. The first-order valence-electron chi connectivity index (χ1n) is 8.48. The van der Waals surface area contributed by atoms with E-state index in [-0.39, 0.29) is 24.0 Å². The molecule has 1 rings (SSSR count). The number of nitrogens with zero attached hydrogens (tertiary/aromatic N) is 1. The van der Waals surface area contributed by atoms with Crippen molar-refractivity contribution in [1.29, 1.82) is 0 Å². The molecule has 0 heterocycles. The van der Waals surface area contributed by atoms with E-state index in [1.54, 1.807) is 0 Å². The Labute approximate surface area is 158 Å². The summed E-state index contributed by atoms with van der Waals surface area (Å²) in [5, 5.41) is 3.15. The lowest BCUT2D eigenvalue weighted by molar-refractivity contribution is 0.136. The highest BCUT2D eigenvalue weighted by molar-refractivity contribution is 14.0. The first kappa shape index (κ1) is 22.2. The molecule has 0 saturated carbocycles. The molecule has 0 aliphatic rings. The number of aliphatic imine (C=N–C) groups is 1. The molecule has 3 N–H and O–H groups in total. The molecule has 0 fully saturated rings. The van der Waals surface area contributed by atoms with Gasteiger partial charge in [-0.25, -0.2) is 0 Å². The van der Waals surface area contributed by atoms with E-state index in [4.69, 9.17) is 10.5 Å². The topological polar surface area (TPSA) is 59.6 Å². The molecule has 0 saturated heterocycles. The van der Waals surface area contributed by atoms with Gasteiger partial charge in [-0.1, -0.05) is 56.5 Å². The maximum atomic E-state index is 5.80. The summed E-state index contributed by atoms with van der Waals surface area (Å²) >= 11 is 0. The Morgan fingerprint density at radius 2 is 1.87 bits per heavy atom. The van der Waals surface area contributed by atoms with Crippen molar-refractivity contribution in [3.8, 4) is 0 Å². The van der Waals surface area contributed by atoms with Crippen molar-refractivity contribution in [3.05, 3.63) is 35.9 Å². The maximum absolute atomic E-state index is 5.80. The predicted octanol–water partition coefficient (Wildman–Crippen LogP) is 3.74. The van der Waals surface area contributed by atoms with Gasteiger partial charge in [0.05, 0.1) is 6.61 Å². The Kier molecular flexibility index (Phi) is 15.5. The van der Waals surface area contributed by atoms with Crippen molar-refractivity contribution in [3.63, 3.8) is 0 Å². The molecule has 5 heteroatoms. The van der Waals surface area contributed by atoms with Crippen molar-refractivity contribution in [2.45, 2.75) is 45.4 Å². The van der Waals surface area contributed by atoms with Crippen LogP contribution in [0.25, 0.3) is 0 Å². The lowest BCUT2D eigenvalue weighted by Crippen LogP contribution is -2.32. The average molecular weight is 433 g/mol. The van der Waals surface area contributed by atoms with Crippen LogP contribution in [0.15, 0.2) is 35.3 Å². The summed E-state index contributed by atoms with van der Waals surface area (Å²) in [5.74, 6) is 0.556. The number of hydrogen-bond donors (Lipinski definition) is 2. The van der Waals surface area contributed by atoms with Crippen LogP contribution in [0.1, 0.15) is 44.6 Å². The lowest BCUT2D eigenvalue weighted by atomic mass is 10.2. The Morgan fingerprint density at radius 3 is 2.61 bits per heavy atom. The standard InChI is InChI=1S/C18H31N3O.HI/c1-2-3-4-8-13-20-18(19)21-14-9-15-22-16-12-17-10-6-5-7-11-17;/h5-7,10-11H,2-4,8-9,12-16H2,1H3,(H3,19,20,21);1H. The number of hydrogen-bond acceptors (Lipinski definition) is 2. The molecule has 23 heavy (non-hydrogen) atoms. The van der Waals surface area contributed by atoms with Crippen LogP contribution in [-0.4, -0.2) is 32.3 Å². The van der Waals surface area contributed by atoms with Gasteiger partial charge >= 0.3 is 0 Å². The molecule has 1 aromatic carbocycles. The molecule has 4 nitrogen and oxygen atoms in total. The molecule has 0 spiro atoms. The Bertz CT molecular complexity index is 399. The average Bonchev–Trinajstić information content (AvgIpc) is 2.55. The number of guanidine groups is 1. The fraction of sp³-hybridized carbons (Fsp3) is 0.611. The van der Waals surface area contributed by atoms with Gasteiger partial charge in [0.25, 0.3) is 0 Å². The molecule has 0 atom stereocenters. The Hall–Kier alpha value is -0.820. The molecule has 0 bridgehead atoms. The van der Waals surface area contributed by atoms with Crippen LogP contribution >= 0.6 is 24.0 Å². The second-order valence-corrected chi connectivity index (χ2v) is 5.46. The van der Waals surface area contributed by atoms with Crippen LogP contribution in [0.4, 0.5) is 0 Å². The summed E-state index contributed by atoms with van der Waals surface area (Å²) in [5.41, 5.74) is 7.12. The van der Waals surface area contributed by atoms with Crippen LogP contribution in [0.5, 0.6) is 0 Å². The van der Waals surface area contributed by atoms with E-state index in [0.717, 1.165) is 45.6 Å². The van der Waals surface area contributed by atoms with Gasteiger partial charge in [-0.3, -0.25) is 4.99 Å². The zero-order valence-corrected chi connectivity index (χ0v) is 16.6. The second-order valence-electron chi connectivity index (χ2n) is 5.46. The van der Waals surface area contributed by atoms with Gasteiger partial charge in [-0.15, -0.1) is 24.0 Å². The largest absolute Gasteiger partial charge is 0.381 e. The van der Waals surface area contributed by atoms with Crippen LogP contribution in [0.2, 0.25) is 0 Å². The molecular formula is C18H32IN3O. The van der Waals surface area contributed by atoms with Gasteiger partial charge in [0.2, 0.25) is 0 Å². The zero-order valence-electron chi connectivity index (χ0n) is 14.3. The summed E-state index contributed by atoms with van der Waals surface area (Å²) < 4.78 is 5.61. The Balaban J connectivity index is 0.00000484. The van der Waals surface area contributed by atoms with Crippen LogP contribution in [0, 0.1) is 0 Å². The number of unbranched alkanes of at least 4 members (excludes halogenated alkanes) is 3. The van der Waals surface area contributed by atoms with E-state index >= 15 is 0 Å². The summed E-state index contributed by atoms with van der Waals surface area (Å²) in [4.78, 5) is 4.30. The minimum absolute atomic E-state index is 0. The number of nitrogens with two attached hydrogens (primary N) is 1. The number of halogens is 1. The van der Waals surface area contributed by atoms with E-state index in [0.29, 0.717) is 5.96 Å². The highest BCUT2D eigenvalue weighted by atomic mass is 127. The molecule has 0 radical (unpaired) electrons. The summed E-state index contributed by atoms with van der Waals surface area (Å²) in [6.45, 7) is 5.35. The van der Waals surface area contributed by atoms with Crippen LogP contribution in [0.3, 0.4) is 0 Å². The number of rotatable bonds is 12. The lowest BCUT2D eigenvalue weighted by Gasteiger charge is -2.06. The molecule has 0 unspecified atom stereocenters. The minimum Gasteiger partial charge on any atom is -0.381 e. The third-order valence-corrected chi connectivity index (χ3v) is 3.44. The van der Waals surface area contributed by atoms with Crippen molar-refractivity contribution < 1.29 is 4.74 Å². The van der Waals surface area contributed by atoms with Gasteiger partial charge in [0, 0.05) is 19.7 Å². The van der Waals surface area contributed by atoms with Crippen LogP contribution < -0.4 is 11.1 Å². The normalized spacial score (nSPS) is 11.1. The fourth-order valence-corrected chi connectivity index (χ4v) is 2.13. The van der Waals surface area contributed by atoms with Crippen molar-refractivity contribution in [2.75, 3.05) is 26.3 Å². The third-order valence-electron chi connectivity index (χ3n) is 3.44. The first-order valence-corrected chi connectivity index (χ1v) is 8.48. The van der Waals surface area contributed by atoms with Gasteiger partial charge in [0.1, 0.15) is 0 Å². The summed E-state index contributed by atoms with van der Waals surface area (Å²) in [6, 6.07) is 10.4. The van der Waals surface area contributed by atoms with E-state index in [1.807, 2.05) is 6.07 Å². The van der Waals surface area contributed by atoms with Crippen LogP contribution in [-0.2, 0) is 11.2 Å².